The molecule has 0 radical (unpaired) electrons. The zero-order valence-electron chi connectivity index (χ0n) is 14.2. The van der Waals surface area contributed by atoms with E-state index in [1.807, 2.05) is 13.0 Å². The summed E-state index contributed by atoms with van der Waals surface area (Å²) in [5.74, 6) is -0.789. The molecule has 0 aliphatic heterocycles. The van der Waals surface area contributed by atoms with Gasteiger partial charge in [0.05, 0.1) is 4.90 Å². The number of rotatable bonds is 5. The highest BCUT2D eigenvalue weighted by molar-refractivity contribution is 7.90. The van der Waals surface area contributed by atoms with Crippen LogP contribution in [0.5, 0.6) is 0 Å². The summed E-state index contributed by atoms with van der Waals surface area (Å²) < 4.78 is 23.1. The maximum atomic E-state index is 12.2. The topological polar surface area (TPSA) is 92.3 Å². The number of carbonyl (C=O) groups is 2. The second-order valence-corrected chi connectivity index (χ2v) is 7.87. The predicted octanol–water partition coefficient (Wildman–Crippen LogP) is 2.16. The first-order chi connectivity index (χ1) is 11.7. The molecule has 2 amide bonds. The first kappa shape index (κ1) is 18.7. The Morgan fingerprint density at radius 1 is 1.04 bits per heavy atom. The molecule has 25 heavy (non-hydrogen) atoms. The van der Waals surface area contributed by atoms with Gasteiger partial charge in [0.15, 0.2) is 9.84 Å². The van der Waals surface area contributed by atoms with Crippen molar-refractivity contribution in [2.75, 3.05) is 11.6 Å². The largest absolute Gasteiger partial charge is 0.341 e. The Labute approximate surface area is 147 Å². The molecule has 2 N–H and O–H groups in total. The van der Waals surface area contributed by atoms with Crippen LogP contribution < -0.4 is 10.6 Å². The Morgan fingerprint density at radius 2 is 1.72 bits per heavy atom. The zero-order chi connectivity index (χ0) is 18.6. The molecule has 6 nitrogen and oxygen atoms in total. The van der Waals surface area contributed by atoms with Gasteiger partial charge in [-0.25, -0.2) is 8.42 Å². The van der Waals surface area contributed by atoms with Crippen molar-refractivity contribution in [2.45, 2.75) is 24.8 Å². The number of aryl methyl sites for hydroxylation is 1. The summed E-state index contributed by atoms with van der Waals surface area (Å²) in [6.07, 6.45) is 1.10. The third-order valence-electron chi connectivity index (χ3n) is 3.55. The molecule has 0 aromatic heterocycles. The third-order valence-corrected chi connectivity index (χ3v) is 4.66. The van der Waals surface area contributed by atoms with Crippen LogP contribution in [0.4, 0.5) is 5.69 Å². The van der Waals surface area contributed by atoms with Crippen molar-refractivity contribution < 1.29 is 18.0 Å². The molecule has 1 atom stereocenters. The minimum Gasteiger partial charge on any atom is -0.341 e. The molecule has 0 saturated heterocycles. The van der Waals surface area contributed by atoms with Crippen molar-refractivity contribution in [3.63, 3.8) is 0 Å². The molecule has 132 valence electrons. The fourth-order valence-electron chi connectivity index (χ4n) is 2.19. The SMILES string of the molecule is Cc1cccc(C(=O)NC(C)C(=O)Nc2cccc(S(C)(=O)=O)c2)c1. The number of hydrogen-bond donors (Lipinski definition) is 2. The van der Waals surface area contributed by atoms with Crippen LogP contribution in [0.2, 0.25) is 0 Å². The van der Waals surface area contributed by atoms with Crippen molar-refractivity contribution in [1.82, 2.24) is 5.32 Å². The van der Waals surface area contributed by atoms with Crippen LogP contribution in [0.25, 0.3) is 0 Å². The molecule has 2 aromatic carbocycles. The summed E-state index contributed by atoms with van der Waals surface area (Å²) in [6.45, 7) is 3.44. The molecule has 0 bridgehead atoms. The molecule has 0 spiro atoms. The summed E-state index contributed by atoms with van der Waals surface area (Å²) >= 11 is 0. The molecule has 7 heteroatoms. The quantitative estimate of drug-likeness (QED) is 0.855. The third kappa shape index (κ3) is 5.15. The van der Waals surface area contributed by atoms with Crippen LogP contribution in [-0.4, -0.2) is 32.5 Å². The van der Waals surface area contributed by atoms with Crippen LogP contribution in [0.15, 0.2) is 53.4 Å². The predicted molar refractivity (Wildman–Crippen MR) is 96.3 cm³/mol. The van der Waals surface area contributed by atoms with Crippen LogP contribution in [0, 0.1) is 6.92 Å². The van der Waals surface area contributed by atoms with Gasteiger partial charge in [0.2, 0.25) is 5.91 Å². The van der Waals surface area contributed by atoms with E-state index in [0.29, 0.717) is 11.3 Å². The molecule has 2 aromatic rings. The lowest BCUT2D eigenvalue weighted by Crippen LogP contribution is -2.41. The van der Waals surface area contributed by atoms with Crippen LogP contribution in [-0.2, 0) is 14.6 Å². The van der Waals surface area contributed by atoms with Gasteiger partial charge in [-0.15, -0.1) is 0 Å². The van der Waals surface area contributed by atoms with Crippen LogP contribution in [0.1, 0.15) is 22.8 Å². The highest BCUT2D eigenvalue weighted by Gasteiger charge is 2.17. The van der Waals surface area contributed by atoms with Gasteiger partial charge in [-0.2, -0.15) is 0 Å². The van der Waals surface area contributed by atoms with Gasteiger partial charge in [0.25, 0.3) is 5.91 Å². The van der Waals surface area contributed by atoms with Crippen LogP contribution in [0.3, 0.4) is 0 Å². The monoisotopic (exact) mass is 360 g/mol. The first-order valence-corrected chi connectivity index (χ1v) is 9.54. The normalized spacial score (nSPS) is 12.3. The first-order valence-electron chi connectivity index (χ1n) is 7.65. The van der Waals surface area contributed by atoms with Crippen molar-refractivity contribution in [3.8, 4) is 0 Å². The Kier molecular flexibility index (Phi) is 5.58. The highest BCUT2D eigenvalue weighted by atomic mass is 32.2. The average Bonchev–Trinajstić information content (AvgIpc) is 2.54. The molecule has 1 unspecified atom stereocenters. The van der Waals surface area contributed by atoms with Gasteiger partial charge in [-0.1, -0.05) is 23.8 Å². The van der Waals surface area contributed by atoms with E-state index in [-0.39, 0.29) is 10.8 Å². The Hall–Kier alpha value is -2.67. The van der Waals surface area contributed by atoms with E-state index in [0.717, 1.165) is 11.8 Å². The maximum Gasteiger partial charge on any atom is 0.251 e. The van der Waals surface area contributed by atoms with Crippen molar-refractivity contribution in [2.24, 2.45) is 0 Å². The van der Waals surface area contributed by atoms with E-state index in [1.54, 1.807) is 37.3 Å². The summed E-state index contributed by atoms with van der Waals surface area (Å²) in [6, 6.07) is 12.2. The van der Waals surface area contributed by atoms with Gasteiger partial charge in [-0.3, -0.25) is 9.59 Å². The minimum atomic E-state index is -3.36. The molecule has 0 fully saturated rings. The lowest BCUT2D eigenvalue weighted by molar-refractivity contribution is -0.117. The Balaban J connectivity index is 2.04. The molecule has 0 heterocycles. The molecule has 0 aliphatic rings. The lowest BCUT2D eigenvalue weighted by atomic mass is 10.1. The number of amides is 2. The van der Waals surface area contributed by atoms with Crippen molar-refractivity contribution in [1.29, 1.82) is 0 Å². The lowest BCUT2D eigenvalue weighted by Gasteiger charge is -2.15. The van der Waals surface area contributed by atoms with Crippen LogP contribution >= 0.6 is 0 Å². The van der Waals surface area contributed by atoms with Crippen molar-refractivity contribution in [3.05, 3.63) is 59.7 Å². The Bertz CT molecular complexity index is 907. The highest BCUT2D eigenvalue weighted by Crippen LogP contribution is 2.15. The van der Waals surface area contributed by atoms with E-state index in [9.17, 15) is 18.0 Å². The number of carbonyl (C=O) groups excluding carboxylic acids is 2. The van der Waals surface area contributed by atoms with Gasteiger partial charge < -0.3 is 10.6 Å². The van der Waals surface area contributed by atoms with Gasteiger partial charge in [0, 0.05) is 17.5 Å². The minimum absolute atomic E-state index is 0.113. The Morgan fingerprint density at radius 3 is 2.36 bits per heavy atom. The van der Waals surface area contributed by atoms with E-state index in [1.165, 1.54) is 12.1 Å². The summed E-state index contributed by atoms with van der Waals surface area (Å²) in [4.78, 5) is 24.5. The fraction of sp³-hybridized carbons (Fsp3) is 0.222. The standard InChI is InChI=1S/C18H20N2O4S/c1-12-6-4-7-14(10-12)18(22)19-13(2)17(21)20-15-8-5-9-16(11-15)25(3,23)24/h4-11,13H,1-3H3,(H,19,22)(H,20,21). The van der Waals surface area contributed by atoms with E-state index < -0.39 is 21.8 Å². The summed E-state index contributed by atoms with van der Waals surface area (Å²) in [5, 5.41) is 5.22. The summed E-state index contributed by atoms with van der Waals surface area (Å²) in [7, 11) is -3.36. The van der Waals surface area contributed by atoms with E-state index >= 15 is 0 Å². The number of nitrogens with one attached hydrogen (secondary N) is 2. The molecular weight excluding hydrogens is 340 g/mol. The number of sulfone groups is 1. The molecule has 0 aliphatic carbocycles. The molecule has 2 rings (SSSR count). The van der Waals surface area contributed by atoms with Crippen molar-refractivity contribution >= 4 is 27.3 Å². The van der Waals surface area contributed by atoms with Gasteiger partial charge in [0.1, 0.15) is 6.04 Å². The van der Waals surface area contributed by atoms with Gasteiger partial charge in [-0.05, 0) is 44.2 Å². The average molecular weight is 360 g/mol. The number of anilines is 1. The fourth-order valence-corrected chi connectivity index (χ4v) is 2.85. The second-order valence-electron chi connectivity index (χ2n) is 5.85. The second kappa shape index (κ2) is 7.48. The summed E-state index contributed by atoms with van der Waals surface area (Å²) in [5.41, 5.74) is 1.77. The zero-order valence-corrected chi connectivity index (χ0v) is 15.1. The maximum absolute atomic E-state index is 12.2. The molecular formula is C18H20N2O4S. The number of hydrogen-bond acceptors (Lipinski definition) is 4. The van der Waals surface area contributed by atoms with E-state index in [4.69, 9.17) is 0 Å². The number of benzene rings is 2. The molecule has 0 saturated carbocycles. The smallest absolute Gasteiger partial charge is 0.251 e. The van der Waals surface area contributed by atoms with E-state index in [2.05, 4.69) is 10.6 Å². The van der Waals surface area contributed by atoms with Gasteiger partial charge >= 0.3 is 0 Å².